The van der Waals surface area contributed by atoms with Crippen molar-refractivity contribution in [2.24, 2.45) is 0 Å². The number of aliphatic hydroxyl groups is 1. The zero-order valence-corrected chi connectivity index (χ0v) is 23.5. The number of piperidine rings is 1. The van der Waals surface area contributed by atoms with Gasteiger partial charge in [0.15, 0.2) is 0 Å². The molecule has 1 saturated carbocycles. The van der Waals surface area contributed by atoms with Gasteiger partial charge in [-0.15, -0.1) is 6.42 Å². The van der Waals surface area contributed by atoms with E-state index in [1.165, 1.54) is 16.8 Å². The first-order chi connectivity index (χ1) is 19.2. The van der Waals surface area contributed by atoms with Gasteiger partial charge in [0.2, 0.25) is 16.0 Å². The first kappa shape index (κ1) is 29.3. The zero-order chi connectivity index (χ0) is 29.7. The Hall–Kier alpha value is -3.18. The molecule has 3 heterocycles. The molecule has 0 amide bonds. The van der Waals surface area contributed by atoms with Crippen molar-refractivity contribution in [2.75, 3.05) is 18.4 Å². The molecule has 1 aromatic carbocycles. The lowest BCUT2D eigenvalue weighted by Gasteiger charge is -2.32. The predicted octanol–water partition coefficient (Wildman–Crippen LogP) is 4.19. The number of halogens is 4. The van der Waals surface area contributed by atoms with Gasteiger partial charge in [-0.2, -0.15) is 22.5 Å². The smallest absolute Gasteiger partial charge is 0.388 e. The lowest BCUT2D eigenvalue weighted by atomic mass is 9.99. The Kier molecular flexibility index (Phi) is 7.57. The molecule has 0 radical (unpaired) electrons. The molecule has 2 fully saturated rings. The molecule has 218 valence electrons. The van der Waals surface area contributed by atoms with E-state index in [0.29, 0.717) is 42.8 Å². The van der Waals surface area contributed by atoms with Crippen LogP contribution < -0.4 is 10.9 Å². The van der Waals surface area contributed by atoms with Gasteiger partial charge in [-0.3, -0.25) is 9.36 Å². The van der Waals surface area contributed by atoms with Crippen molar-refractivity contribution in [3.05, 3.63) is 57.0 Å². The summed E-state index contributed by atoms with van der Waals surface area (Å²) in [4.78, 5) is 21.7. The van der Waals surface area contributed by atoms with Gasteiger partial charge in [0.1, 0.15) is 5.65 Å². The van der Waals surface area contributed by atoms with E-state index in [9.17, 15) is 31.5 Å². The van der Waals surface area contributed by atoms with Gasteiger partial charge in [-0.1, -0.05) is 17.5 Å². The van der Waals surface area contributed by atoms with Crippen molar-refractivity contribution in [3.63, 3.8) is 0 Å². The van der Waals surface area contributed by atoms with Gasteiger partial charge >= 0.3 is 6.18 Å². The number of nitrogens with zero attached hydrogens (tertiary/aromatic N) is 4. The summed E-state index contributed by atoms with van der Waals surface area (Å²) in [5, 5.41) is 14.1. The molecule has 5 rings (SSSR count). The SMILES string of the molecule is C#Cc1cc2cnc(NC3CCN(S(=O)(=O)c4ccc(Cl)c(C(F)(F)F)c4)CC3)nc2n([C@@H]2CCC[C@@]2(C)O)c1=O. The van der Waals surface area contributed by atoms with Gasteiger partial charge in [0.05, 0.1) is 32.7 Å². The van der Waals surface area contributed by atoms with Crippen molar-refractivity contribution < 1.29 is 26.7 Å². The largest absolute Gasteiger partial charge is 0.417 e. The maximum atomic E-state index is 13.3. The number of aromatic nitrogens is 3. The number of terminal acetylenes is 1. The molecule has 1 aliphatic carbocycles. The first-order valence-corrected chi connectivity index (χ1v) is 14.8. The van der Waals surface area contributed by atoms with E-state index in [1.54, 1.807) is 6.92 Å². The van der Waals surface area contributed by atoms with Crippen molar-refractivity contribution in [1.82, 2.24) is 18.8 Å². The monoisotopic (exact) mass is 609 g/mol. The minimum atomic E-state index is -4.79. The Morgan fingerprint density at radius 2 is 1.93 bits per heavy atom. The van der Waals surface area contributed by atoms with Crippen LogP contribution in [-0.4, -0.2) is 57.1 Å². The number of sulfonamides is 1. The molecule has 1 saturated heterocycles. The molecule has 2 aliphatic rings. The highest BCUT2D eigenvalue weighted by molar-refractivity contribution is 7.89. The van der Waals surface area contributed by atoms with E-state index in [1.807, 2.05) is 0 Å². The Balaban J connectivity index is 1.36. The van der Waals surface area contributed by atoms with E-state index >= 15 is 0 Å². The molecule has 9 nitrogen and oxygen atoms in total. The molecule has 1 aliphatic heterocycles. The highest BCUT2D eigenvalue weighted by Gasteiger charge is 2.40. The summed E-state index contributed by atoms with van der Waals surface area (Å²) in [7, 11) is -4.19. The second-order valence-electron chi connectivity index (χ2n) is 10.6. The van der Waals surface area contributed by atoms with Crippen LogP contribution in [0.15, 0.2) is 40.2 Å². The fourth-order valence-electron chi connectivity index (χ4n) is 5.57. The maximum Gasteiger partial charge on any atom is 0.417 e. The molecule has 41 heavy (non-hydrogen) atoms. The van der Waals surface area contributed by atoms with Gasteiger partial charge in [0, 0.05) is 30.7 Å². The average molecular weight is 610 g/mol. The lowest BCUT2D eigenvalue weighted by molar-refractivity contribution is -0.137. The van der Waals surface area contributed by atoms with Crippen LogP contribution in [0.2, 0.25) is 5.02 Å². The number of rotatable bonds is 5. The Labute approximate surface area is 239 Å². The third-order valence-corrected chi connectivity index (χ3v) is 10.0. The second kappa shape index (κ2) is 10.6. The van der Waals surface area contributed by atoms with E-state index in [2.05, 4.69) is 21.2 Å². The van der Waals surface area contributed by atoms with Gasteiger partial charge in [0.25, 0.3) is 5.56 Å². The molecule has 0 unspecified atom stereocenters. The zero-order valence-electron chi connectivity index (χ0n) is 21.9. The van der Waals surface area contributed by atoms with E-state index < -0.39 is 48.9 Å². The number of fused-ring (bicyclic) bond motifs is 1. The molecule has 2 atom stereocenters. The molecule has 3 aromatic rings. The van der Waals surface area contributed by atoms with Gasteiger partial charge < -0.3 is 10.4 Å². The second-order valence-corrected chi connectivity index (χ2v) is 12.9. The standard InChI is InChI=1S/C27H27ClF3N5O4S/c1-3-16-13-17-15-32-25(34-23(17)36(24(16)37)22-5-4-10-26(22,2)38)33-18-8-11-35(12-9-18)41(39,40)19-6-7-21(28)20(14-19)27(29,30)31/h1,6-7,13-15,18,22,38H,4-5,8-12H2,2H3,(H,32,33,34)/t22-,26-/m1/s1. The Bertz CT molecular complexity index is 1710. The predicted molar refractivity (Wildman–Crippen MR) is 147 cm³/mol. The van der Waals surface area contributed by atoms with Crippen molar-refractivity contribution in [2.45, 2.75) is 67.8 Å². The molecule has 0 bridgehead atoms. The first-order valence-electron chi connectivity index (χ1n) is 13.0. The number of anilines is 1. The highest BCUT2D eigenvalue weighted by Crippen LogP contribution is 2.40. The average Bonchev–Trinajstić information content (AvgIpc) is 3.26. The van der Waals surface area contributed by atoms with Crippen molar-refractivity contribution in [3.8, 4) is 12.3 Å². The maximum absolute atomic E-state index is 13.3. The normalized spacial score (nSPS) is 22.6. The summed E-state index contributed by atoms with van der Waals surface area (Å²) < 4.78 is 68.6. The van der Waals surface area contributed by atoms with Crippen LogP contribution in [0.3, 0.4) is 0 Å². The minimum Gasteiger partial charge on any atom is -0.388 e. The number of alkyl halides is 3. The minimum absolute atomic E-state index is 0.0543. The topological polar surface area (TPSA) is 117 Å². The number of hydrogen-bond acceptors (Lipinski definition) is 7. The summed E-state index contributed by atoms with van der Waals surface area (Å²) in [6.07, 6.45) is 4.80. The van der Waals surface area contributed by atoms with E-state index in [-0.39, 0.29) is 30.6 Å². The summed E-state index contributed by atoms with van der Waals surface area (Å²) in [5.41, 5.74) is -2.29. The van der Waals surface area contributed by atoms with Gasteiger partial charge in [-0.25, -0.2) is 13.4 Å². The van der Waals surface area contributed by atoms with Crippen LogP contribution in [0.5, 0.6) is 0 Å². The lowest BCUT2D eigenvalue weighted by Crippen LogP contribution is -2.42. The van der Waals surface area contributed by atoms with Crippen LogP contribution in [0.1, 0.15) is 56.2 Å². The quantitative estimate of drug-likeness (QED) is 0.417. The van der Waals surface area contributed by atoms with E-state index in [4.69, 9.17) is 18.0 Å². The number of hydrogen-bond donors (Lipinski definition) is 2. The summed E-state index contributed by atoms with van der Waals surface area (Å²) in [6.45, 7) is 1.79. The van der Waals surface area contributed by atoms with Crippen molar-refractivity contribution >= 4 is 38.6 Å². The number of pyridine rings is 1. The van der Waals surface area contributed by atoms with Gasteiger partial charge in [-0.05, 0) is 63.3 Å². The Morgan fingerprint density at radius 3 is 2.54 bits per heavy atom. The summed E-state index contributed by atoms with van der Waals surface area (Å²) in [5.74, 6) is 2.61. The number of benzene rings is 1. The molecule has 0 spiro atoms. The molecule has 2 aromatic heterocycles. The molecular weight excluding hydrogens is 583 g/mol. The summed E-state index contributed by atoms with van der Waals surface area (Å²) >= 11 is 5.65. The third-order valence-electron chi connectivity index (χ3n) is 7.79. The van der Waals surface area contributed by atoms with Crippen LogP contribution in [-0.2, 0) is 16.2 Å². The fraction of sp³-hybridized carbons (Fsp3) is 0.444. The van der Waals surface area contributed by atoms with Crippen LogP contribution in [0.4, 0.5) is 19.1 Å². The third kappa shape index (κ3) is 5.53. The highest BCUT2D eigenvalue weighted by atomic mass is 35.5. The molecule has 2 N–H and O–H groups in total. The van der Waals surface area contributed by atoms with E-state index in [0.717, 1.165) is 22.9 Å². The molecule has 14 heteroatoms. The number of nitrogens with one attached hydrogen (secondary N) is 1. The summed E-state index contributed by atoms with van der Waals surface area (Å²) in [6, 6.07) is 3.32. The van der Waals surface area contributed by atoms with Crippen LogP contribution in [0.25, 0.3) is 11.0 Å². The fourth-order valence-corrected chi connectivity index (χ4v) is 7.30. The van der Waals surface area contributed by atoms with Crippen molar-refractivity contribution in [1.29, 1.82) is 0 Å². The van der Waals surface area contributed by atoms with Crippen LogP contribution in [0, 0.1) is 12.3 Å². The van der Waals surface area contributed by atoms with Crippen LogP contribution >= 0.6 is 11.6 Å². The molecular formula is C27H27ClF3N5O4S. The Morgan fingerprint density at radius 1 is 1.22 bits per heavy atom.